The van der Waals surface area contributed by atoms with E-state index in [4.69, 9.17) is 0 Å². The molecule has 0 atom stereocenters. The van der Waals surface area contributed by atoms with E-state index in [1.165, 1.54) is 4.90 Å². The first-order chi connectivity index (χ1) is 15.2. The molecule has 4 nitrogen and oxygen atoms in total. The smallest absolute Gasteiger partial charge is 0.307 e. The van der Waals surface area contributed by atoms with Gasteiger partial charge in [-0.1, -0.05) is 29.8 Å². The first-order valence-electron chi connectivity index (χ1n) is 10.3. The SMILES string of the molecule is Cc1ccc(-c2c(C)c3c(c(C)c2CC(=O)O)CN(C(=O)c2ccc(F)cc2F)C3)cc1. The Morgan fingerprint density at radius 1 is 0.938 bits per heavy atom. The van der Waals surface area contributed by atoms with Gasteiger partial charge in [-0.15, -0.1) is 0 Å². The summed E-state index contributed by atoms with van der Waals surface area (Å²) in [5.74, 6) is -3.09. The van der Waals surface area contributed by atoms with Crippen molar-refractivity contribution in [3.8, 4) is 11.1 Å². The maximum atomic E-state index is 14.2. The van der Waals surface area contributed by atoms with Crippen molar-refractivity contribution >= 4 is 11.9 Å². The molecule has 1 amide bonds. The van der Waals surface area contributed by atoms with Gasteiger partial charge in [0.05, 0.1) is 12.0 Å². The number of halogens is 2. The number of carboxylic acids is 1. The van der Waals surface area contributed by atoms with Gasteiger partial charge in [-0.2, -0.15) is 0 Å². The Balaban J connectivity index is 1.81. The summed E-state index contributed by atoms with van der Waals surface area (Å²) in [6.45, 7) is 6.33. The van der Waals surface area contributed by atoms with E-state index in [9.17, 15) is 23.5 Å². The van der Waals surface area contributed by atoms with E-state index in [1.807, 2.05) is 45.0 Å². The first kappa shape index (κ1) is 21.7. The van der Waals surface area contributed by atoms with Crippen LogP contribution in [0.3, 0.4) is 0 Å². The molecule has 32 heavy (non-hydrogen) atoms. The molecule has 0 saturated heterocycles. The molecule has 0 spiro atoms. The van der Waals surface area contributed by atoms with E-state index >= 15 is 0 Å². The molecule has 3 aromatic rings. The van der Waals surface area contributed by atoms with E-state index in [2.05, 4.69) is 0 Å². The Morgan fingerprint density at radius 3 is 2.16 bits per heavy atom. The quantitative estimate of drug-likeness (QED) is 0.602. The predicted molar refractivity (Wildman–Crippen MR) is 117 cm³/mol. The molecule has 0 unspecified atom stereocenters. The van der Waals surface area contributed by atoms with Crippen LogP contribution in [0.1, 0.15) is 43.7 Å². The lowest BCUT2D eigenvalue weighted by molar-refractivity contribution is -0.136. The van der Waals surface area contributed by atoms with Crippen molar-refractivity contribution in [3.63, 3.8) is 0 Å². The minimum atomic E-state index is -0.930. The van der Waals surface area contributed by atoms with Crippen LogP contribution in [0, 0.1) is 32.4 Å². The first-order valence-corrected chi connectivity index (χ1v) is 10.3. The summed E-state index contributed by atoms with van der Waals surface area (Å²) in [7, 11) is 0. The molecule has 1 aliphatic heterocycles. The van der Waals surface area contributed by atoms with Crippen LogP contribution in [0.2, 0.25) is 0 Å². The van der Waals surface area contributed by atoms with Crippen LogP contribution in [-0.4, -0.2) is 21.9 Å². The minimum Gasteiger partial charge on any atom is -0.481 e. The van der Waals surface area contributed by atoms with Crippen molar-refractivity contribution in [2.24, 2.45) is 0 Å². The van der Waals surface area contributed by atoms with E-state index in [-0.39, 0.29) is 25.1 Å². The minimum absolute atomic E-state index is 0.135. The molecular weight excluding hydrogens is 412 g/mol. The zero-order valence-electron chi connectivity index (χ0n) is 18.1. The average molecular weight is 435 g/mol. The van der Waals surface area contributed by atoms with Crippen molar-refractivity contribution in [2.45, 2.75) is 40.3 Å². The molecule has 164 valence electrons. The third kappa shape index (κ3) is 3.77. The zero-order chi connectivity index (χ0) is 23.2. The van der Waals surface area contributed by atoms with Gasteiger partial charge in [0.25, 0.3) is 5.91 Å². The average Bonchev–Trinajstić information content (AvgIpc) is 3.18. The third-order valence-electron chi connectivity index (χ3n) is 6.21. The highest BCUT2D eigenvalue weighted by Crippen LogP contribution is 2.40. The van der Waals surface area contributed by atoms with Gasteiger partial charge in [-0.25, -0.2) is 8.78 Å². The Morgan fingerprint density at radius 2 is 1.56 bits per heavy atom. The van der Waals surface area contributed by atoms with Gasteiger partial charge in [-0.05, 0) is 71.8 Å². The number of rotatable bonds is 4. The molecule has 1 N–H and O–H groups in total. The normalized spacial score (nSPS) is 12.7. The number of amides is 1. The summed E-state index contributed by atoms with van der Waals surface area (Å²) >= 11 is 0. The van der Waals surface area contributed by atoms with E-state index in [1.54, 1.807) is 0 Å². The maximum Gasteiger partial charge on any atom is 0.307 e. The van der Waals surface area contributed by atoms with Crippen molar-refractivity contribution in [1.29, 1.82) is 0 Å². The van der Waals surface area contributed by atoms with Crippen LogP contribution in [-0.2, 0) is 24.3 Å². The molecule has 0 aromatic heterocycles. The van der Waals surface area contributed by atoms with Gasteiger partial charge in [0.2, 0.25) is 0 Å². The molecule has 4 rings (SSSR count). The Hall–Kier alpha value is -3.54. The molecule has 1 aliphatic rings. The van der Waals surface area contributed by atoms with Gasteiger partial charge >= 0.3 is 5.97 Å². The van der Waals surface area contributed by atoms with Crippen molar-refractivity contribution in [3.05, 3.63) is 93.0 Å². The maximum absolute atomic E-state index is 14.2. The summed E-state index contributed by atoms with van der Waals surface area (Å²) in [4.78, 5) is 26.2. The molecule has 1 heterocycles. The number of hydrogen-bond acceptors (Lipinski definition) is 2. The highest BCUT2D eigenvalue weighted by atomic mass is 19.1. The summed E-state index contributed by atoms with van der Waals surface area (Å²) in [6.07, 6.45) is -0.135. The highest BCUT2D eigenvalue weighted by Gasteiger charge is 2.31. The van der Waals surface area contributed by atoms with Gasteiger partial charge < -0.3 is 10.0 Å². The van der Waals surface area contributed by atoms with Crippen molar-refractivity contribution < 1.29 is 23.5 Å². The van der Waals surface area contributed by atoms with Crippen LogP contribution >= 0.6 is 0 Å². The van der Waals surface area contributed by atoms with Crippen LogP contribution in [0.15, 0.2) is 42.5 Å². The number of fused-ring (bicyclic) bond motifs is 1. The molecule has 0 fully saturated rings. The molecule has 0 bridgehead atoms. The Labute approximate surface area is 185 Å². The molecular formula is C26H23F2NO3. The number of nitrogens with zero attached hydrogens (tertiary/aromatic N) is 1. The third-order valence-corrected chi connectivity index (χ3v) is 6.21. The lowest BCUT2D eigenvalue weighted by Gasteiger charge is -2.19. The second-order valence-electron chi connectivity index (χ2n) is 8.28. The van der Waals surface area contributed by atoms with Crippen molar-refractivity contribution in [1.82, 2.24) is 4.90 Å². The number of carbonyl (C=O) groups is 2. The summed E-state index contributed by atoms with van der Waals surface area (Å²) in [5.41, 5.74) is 7.02. The van der Waals surface area contributed by atoms with E-state index < -0.39 is 23.5 Å². The fourth-order valence-electron chi connectivity index (χ4n) is 4.53. The Kier molecular flexibility index (Phi) is 5.55. The van der Waals surface area contributed by atoms with Crippen LogP contribution < -0.4 is 0 Å². The standard InChI is InChI=1S/C26H23F2NO3/c1-14-4-6-17(7-5-14)25-16(3)22-13-29(12-21(22)15(2)20(25)11-24(30)31)26(32)19-9-8-18(27)10-23(19)28/h4-10H,11-13H2,1-3H3,(H,30,31). The zero-order valence-corrected chi connectivity index (χ0v) is 18.1. The number of hydrogen-bond donors (Lipinski definition) is 1. The van der Waals surface area contributed by atoms with Crippen LogP contribution in [0.25, 0.3) is 11.1 Å². The molecule has 3 aromatic carbocycles. The second-order valence-corrected chi connectivity index (χ2v) is 8.28. The van der Waals surface area contributed by atoms with Gasteiger partial charge in [0.15, 0.2) is 0 Å². The van der Waals surface area contributed by atoms with Gasteiger partial charge in [-0.3, -0.25) is 9.59 Å². The summed E-state index contributed by atoms with van der Waals surface area (Å²) in [6, 6.07) is 10.8. The van der Waals surface area contributed by atoms with Crippen molar-refractivity contribution in [2.75, 3.05) is 0 Å². The fourth-order valence-corrected chi connectivity index (χ4v) is 4.53. The topological polar surface area (TPSA) is 57.6 Å². The summed E-state index contributed by atoms with van der Waals surface area (Å²) < 4.78 is 27.5. The monoisotopic (exact) mass is 435 g/mol. The molecule has 0 aliphatic carbocycles. The number of aryl methyl sites for hydroxylation is 1. The van der Waals surface area contributed by atoms with E-state index in [0.717, 1.165) is 56.6 Å². The summed E-state index contributed by atoms with van der Waals surface area (Å²) in [5, 5.41) is 9.55. The number of carboxylic acid groups (broad SMARTS) is 1. The molecule has 6 heteroatoms. The molecule has 0 saturated carbocycles. The fraction of sp³-hybridized carbons (Fsp3) is 0.231. The molecule has 0 radical (unpaired) electrons. The van der Waals surface area contributed by atoms with E-state index in [0.29, 0.717) is 6.07 Å². The highest BCUT2D eigenvalue weighted by molar-refractivity contribution is 5.95. The van der Waals surface area contributed by atoms with Gasteiger partial charge in [0.1, 0.15) is 11.6 Å². The second kappa shape index (κ2) is 8.19. The predicted octanol–water partition coefficient (Wildman–Crippen LogP) is 5.34. The Bertz CT molecular complexity index is 1250. The van der Waals surface area contributed by atoms with Crippen LogP contribution in [0.4, 0.5) is 8.78 Å². The number of benzene rings is 3. The lowest BCUT2D eigenvalue weighted by atomic mass is 9.84. The van der Waals surface area contributed by atoms with Crippen LogP contribution in [0.5, 0.6) is 0 Å². The largest absolute Gasteiger partial charge is 0.481 e. The van der Waals surface area contributed by atoms with Gasteiger partial charge in [0, 0.05) is 19.2 Å². The number of carbonyl (C=O) groups excluding carboxylic acids is 1. The lowest BCUT2D eigenvalue weighted by Crippen LogP contribution is -2.26. The number of aliphatic carboxylic acids is 1.